The Labute approximate surface area is 283 Å². The average Bonchev–Trinajstić information content (AvgIpc) is 3.69. The molecule has 4 unspecified atom stereocenters. The Morgan fingerprint density at radius 2 is 0.622 bits per heavy atom. The Morgan fingerprint density at radius 1 is 0.444 bits per heavy atom. The van der Waals surface area contributed by atoms with Gasteiger partial charge < -0.3 is 26.7 Å². The number of nitrogens with one attached hydrogen (secondary N) is 8. The molecule has 4 atom stereocenters. The maximum absolute atomic E-state index is 11.0. The molecule has 4 aliphatic rings. The Morgan fingerprint density at radius 3 is 0.733 bits per heavy atom. The van der Waals surface area contributed by atoms with Crippen molar-refractivity contribution in [1.82, 2.24) is 21.3 Å². The molecule has 4 aliphatic heterocycles. The van der Waals surface area contributed by atoms with Crippen LogP contribution in [0.4, 0.5) is 0 Å². The van der Waals surface area contributed by atoms with E-state index in [4.69, 9.17) is 21.6 Å². The first-order valence-electron chi connectivity index (χ1n) is 15.2. The van der Waals surface area contributed by atoms with Crippen LogP contribution in [0, 0.1) is 21.6 Å². The van der Waals surface area contributed by atoms with Gasteiger partial charge in [0.15, 0.2) is 20.7 Å². The van der Waals surface area contributed by atoms with Gasteiger partial charge in [0, 0.05) is 0 Å². The lowest BCUT2D eigenvalue weighted by Crippen LogP contribution is -2.24. The molecule has 10 N–H and O–H groups in total. The average molecular weight is 707 g/mol. The maximum Gasteiger partial charge on any atom is 0.239 e. The molecule has 4 fully saturated rings. The molecule has 0 bridgehead atoms. The number of rotatable bonds is 12. The van der Waals surface area contributed by atoms with Crippen molar-refractivity contribution in [3.63, 3.8) is 0 Å². The smallest absolute Gasteiger partial charge is 0.239 e. The molecule has 0 spiro atoms. The fourth-order valence-electron chi connectivity index (χ4n) is 3.99. The number of amides is 4. The van der Waals surface area contributed by atoms with Gasteiger partial charge in [-0.3, -0.25) is 40.8 Å². The van der Waals surface area contributed by atoms with E-state index in [1.165, 1.54) is 47.0 Å². The van der Waals surface area contributed by atoms with Crippen molar-refractivity contribution in [2.45, 2.75) is 126 Å². The quantitative estimate of drug-likeness (QED) is 0.143. The van der Waals surface area contributed by atoms with E-state index in [1.54, 1.807) is 0 Å². The van der Waals surface area contributed by atoms with E-state index in [1.807, 2.05) is 0 Å². The summed E-state index contributed by atoms with van der Waals surface area (Å²) in [5.74, 6) is 0.0313. The van der Waals surface area contributed by atoms with Crippen molar-refractivity contribution in [2.75, 3.05) is 0 Å². The fourth-order valence-corrected chi connectivity index (χ4v) is 7.57. The summed E-state index contributed by atoms with van der Waals surface area (Å²) >= 11 is 5.34. The summed E-state index contributed by atoms with van der Waals surface area (Å²) in [7, 11) is 0. The normalized spacial score (nSPS) is 23.4. The van der Waals surface area contributed by atoms with Crippen LogP contribution in [0.2, 0.25) is 0 Å². The number of carbonyl (C=O) groups excluding carboxylic acids is 4. The lowest BCUT2D eigenvalue weighted by molar-refractivity contribution is -0.119. The highest BCUT2D eigenvalue weighted by Crippen LogP contribution is 2.25. The minimum absolute atomic E-state index is 0. The van der Waals surface area contributed by atoms with Crippen LogP contribution >= 0.6 is 47.0 Å². The predicted molar refractivity (Wildman–Crippen MR) is 191 cm³/mol. The number of hydrogen-bond donors (Lipinski definition) is 8. The SMILES string of the molecule is CCCCC1SC(=N)NC1=O.CCCCC1SC(=N)NC1=O.CCCCC1SC(=N)NC1=O.CCCCC1SC(=N)NC1=O.O. The molecule has 256 valence electrons. The first kappa shape index (κ1) is 42.9. The van der Waals surface area contributed by atoms with Crippen LogP contribution in [0.3, 0.4) is 0 Å². The standard InChI is InChI=1S/4C7H12N2OS.H2O/c4*1-2-3-4-5-6(10)9-7(8)11-5;/h4*5H,2-4H2,1H3,(H2,8,9,10);1H2. The zero-order chi connectivity index (χ0) is 33.1. The van der Waals surface area contributed by atoms with Gasteiger partial charge in [0.2, 0.25) is 23.6 Å². The largest absolute Gasteiger partial charge is 0.412 e. The van der Waals surface area contributed by atoms with E-state index in [0.29, 0.717) is 20.7 Å². The van der Waals surface area contributed by atoms with Gasteiger partial charge in [0.25, 0.3) is 0 Å². The van der Waals surface area contributed by atoms with Gasteiger partial charge in [-0.1, -0.05) is 126 Å². The molecular formula is C28H50N8O5S4. The fraction of sp³-hybridized carbons (Fsp3) is 0.714. The second kappa shape index (κ2) is 24.1. The summed E-state index contributed by atoms with van der Waals surface area (Å²) in [6.07, 6.45) is 12.3. The molecule has 13 nitrogen and oxygen atoms in total. The van der Waals surface area contributed by atoms with Crippen LogP contribution in [0.1, 0.15) is 105 Å². The summed E-state index contributed by atoms with van der Waals surface area (Å²) in [4.78, 5) is 44.1. The van der Waals surface area contributed by atoms with E-state index in [-0.39, 0.29) is 50.1 Å². The van der Waals surface area contributed by atoms with Gasteiger partial charge in [-0.25, -0.2) is 0 Å². The molecule has 0 aromatic rings. The molecule has 0 aromatic carbocycles. The van der Waals surface area contributed by atoms with Gasteiger partial charge in [-0.2, -0.15) is 0 Å². The van der Waals surface area contributed by atoms with Crippen molar-refractivity contribution in [3.05, 3.63) is 0 Å². The molecule has 4 saturated heterocycles. The van der Waals surface area contributed by atoms with Crippen molar-refractivity contribution in [1.29, 1.82) is 21.6 Å². The molecular weight excluding hydrogens is 657 g/mol. The molecule has 0 aromatic heterocycles. The van der Waals surface area contributed by atoms with Crippen LogP contribution in [-0.2, 0) is 19.2 Å². The third kappa shape index (κ3) is 17.4. The van der Waals surface area contributed by atoms with Crippen LogP contribution < -0.4 is 21.3 Å². The summed E-state index contributed by atoms with van der Waals surface area (Å²) in [5.41, 5.74) is 0. The molecule has 45 heavy (non-hydrogen) atoms. The van der Waals surface area contributed by atoms with Crippen molar-refractivity contribution >= 4 is 91.3 Å². The molecule has 17 heteroatoms. The van der Waals surface area contributed by atoms with Gasteiger partial charge >= 0.3 is 0 Å². The molecule has 0 radical (unpaired) electrons. The summed E-state index contributed by atoms with van der Waals surface area (Å²) < 4.78 is 0. The van der Waals surface area contributed by atoms with Crippen LogP contribution in [-0.4, -0.2) is 70.8 Å². The Kier molecular flexibility index (Phi) is 23.0. The summed E-state index contributed by atoms with van der Waals surface area (Å²) in [6, 6.07) is 0. The Bertz CT molecular complexity index is 888. The van der Waals surface area contributed by atoms with E-state index in [9.17, 15) is 19.2 Å². The lowest BCUT2D eigenvalue weighted by atomic mass is 10.2. The van der Waals surface area contributed by atoms with Crippen LogP contribution in [0.5, 0.6) is 0 Å². The molecule has 4 rings (SSSR count). The Balaban J connectivity index is 0.000000569. The van der Waals surface area contributed by atoms with Gasteiger partial charge in [0.05, 0.1) is 21.0 Å². The molecule has 0 aliphatic carbocycles. The number of carbonyl (C=O) groups is 4. The topological polar surface area (TPSA) is 243 Å². The first-order chi connectivity index (χ1) is 20.9. The monoisotopic (exact) mass is 706 g/mol. The lowest BCUT2D eigenvalue weighted by Gasteiger charge is -2.01. The van der Waals surface area contributed by atoms with E-state index in [0.717, 1.165) is 77.0 Å². The van der Waals surface area contributed by atoms with E-state index in [2.05, 4.69) is 49.0 Å². The highest BCUT2D eigenvalue weighted by atomic mass is 32.2. The molecule has 4 heterocycles. The van der Waals surface area contributed by atoms with Crippen molar-refractivity contribution in [2.24, 2.45) is 0 Å². The minimum atomic E-state index is 0. The van der Waals surface area contributed by atoms with Crippen molar-refractivity contribution in [3.8, 4) is 0 Å². The third-order valence-corrected chi connectivity index (χ3v) is 10.7. The van der Waals surface area contributed by atoms with Gasteiger partial charge in [0.1, 0.15) is 0 Å². The number of unbranched alkanes of at least 4 members (excludes halogenated alkanes) is 4. The Hall–Kier alpha value is -2.08. The highest BCUT2D eigenvalue weighted by molar-refractivity contribution is 8.16. The van der Waals surface area contributed by atoms with Gasteiger partial charge in [-0.05, 0) is 25.7 Å². The minimum Gasteiger partial charge on any atom is -0.412 e. The first-order valence-corrected chi connectivity index (χ1v) is 18.7. The zero-order valence-electron chi connectivity index (χ0n) is 26.6. The number of hydrogen-bond acceptors (Lipinski definition) is 12. The molecule has 0 saturated carbocycles. The molecule has 4 amide bonds. The van der Waals surface area contributed by atoms with Crippen molar-refractivity contribution < 1.29 is 24.7 Å². The maximum atomic E-state index is 11.0. The van der Waals surface area contributed by atoms with Crippen LogP contribution in [0.15, 0.2) is 0 Å². The van der Waals surface area contributed by atoms with Crippen LogP contribution in [0.25, 0.3) is 0 Å². The number of thioether (sulfide) groups is 4. The van der Waals surface area contributed by atoms with E-state index >= 15 is 0 Å². The highest BCUT2D eigenvalue weighted by Gasteiger charge is 2.30. The zero-order valence-corrected chi connectivity index (χ0v) is 29.8. The summed E-state index contributed by atoms with van der Waals surface area (Å²) in [5, 5.41) is 39.9. The van der Waals surface area contributed by atoms with Gasteiger partial charge in [-0.15, -0.1) is 0 Å². The second-order valence-electron chi connectivity index (χ2n) is 10.3. The van der Waals surface area contributed by atoms with E-state index < -0.39 is 0 Å². The number of amidine groups is 4. The second-order valence-corrected chi connectivity index (χ2v) is 15.1. The third-order valence-electron chi connectivity index (χ3n) is 6.44. The summed E-state index contributed by atoms with van der Waals surface area (Å²) in [6.45, 7) is 8.40. The predicted octanol–water partition coefficient (Wildman–Crippen LogP) is 4.55.